The van der Waals surface area contributed by atoms with Crippen LogP contribution in [0.15, 0.2) is 0 Å². The molecule has 2 rings (SSSR count). The molecule has 0 radical (unpaired) electrons. The highest BCUT2D eigenvalue weighted by atomic mass is 16.5. The number of ether oxygens (including phenoxy) is 1. The van der Waals surface area contributed by atoms with E-state index in [2.05, 4.69) is 46.9 Å². The monoisotopic (exact) mass is 211 g/mol. The van der Waals surface area contributed by atoms with Gasteiger partial charge in [0.25, 0.3) is 0 Å². The van der Waals surface area contributed by atoms with E-state index in [0.29, 0.717) is 17.5 Å². The number of hydrogen-bond acceptors (Lipinski definition) is 2. The van der Waals surface area contributed by atoms with Crippen molar-refractivity contribution in [1.82, 2.24) is 5.32 Å². The molecule has 0 amide bonds. The Morgan fingerprint density at radius 2 is 1.47 bits per heavy atom. The first kappa shape index (κ1) is 11.4. The molecule has 15 heavy (non-hydrogen) atoms. The van der Waals surface area contributed by atoms with Gasteiger partial charge in [0, 0.05) is 12.1 Å². The van der Waals surface area contributed by atoms with Crippen molar-refractivity contribution >= 4 is 0 Å². The van der Waals surface area contributed by atoms with Crippen LogP contribution in [0.2, 0.25) is 0 Å². The van der Waals surface area contributed by atoms with Gasteiger partial charge in [0.05, 0.1) is 11.2 Å². The van der Waals surface area contributed by atoms with Gasteiger partial charge in [0.15, 0.2) is 0 Å². The van der Waals surface area contributed by atoms with E-state index in [-0.39, 0.29) is 11.2 Å². The molecule has 2 nitrogen and oxygen atoms in total. The molecule has 1 aliphatic carbocycles. The van der Waals surface area contributed by atoms with Crippen LogP contribution in [0.5, 0.6) is 0 Å². The summed E-state index contributed by atoms with van der Waals surface area (Å²) >= 11 is 0. The smallest absolute Gasteiger partial charge is 0.0787 e. The Bertz CT molecular complexity index is 268. The summed E-state index contributed by atoms with van der Waals surface area (Å²) < 4.78 is 6.08. The summed E-state index contributed by atoms with van der Waals surface area (Å²) in [7, 11) is 0. The van der Waals surface area contributed by atoms with Crippen molar-refractivity contribution in [3.05, 3.63) is 0 Å². The summed E-state index contributed by atoms with van der Waals surface area (Å²) in [5.74, 6) is 0. The first-order chi connectivity index (χ1) is 6.62. The van der Waals surface area contributed by atoms with Gasteiger partial charge in [-0.1, -0.05) is 13.8 Å². The average Bonchev–Trinajstić information content (AvgIpc) is 2.46. The zero-order valence-electron chi connectivity index (χ0n) is 11.0. The van der Waals surface area contributed by atoms with Crippen LogP contribution in [-0.4, -0.2) is 23.3 Å². The van der Waals surface area contributed by atoms with Crippen molar-refractivity contribution in [3.8, 4) is 0 Å². The predicted molar refractivity (Wildman–Crippen MR) is 63.0 cm³/mol. The van der Waals surface area contributed by atoms with Crippen LogP contribution < -0.4 is 5.32 Å². The van der Waals surface area contributed by atoms with Crippen LogP contribution in [0.4, 0.5) is 0 Å². The second kappa shape index (κ2) is 2.98. The number of nitrogens with one attached hydrogen (secondary N) is 1. The van der Waals surface area contributed by atoms with E-state index in [1.807, 2.05) is 0 Å². The Morgan fingerprint density at radius 1 is 0.933 bits per heavy atom. The molecule has 2 fully saturated rings. The van der Waals surface area contributed by atoms with Crippen LogP contribution in [0.3, 0.4) is 0 Å². The molecule has 1 heterocycles. The standard InChI is InChI=1S/C13H25NO/c1-11(2)7-9(11)14-10-8-12(3,4)15-13(10,5)6/h9-10,14H,7-8H2,1-6H3. The summed E-state index contributed by atoms with van der Waals surface area (Å²) in [4.78, 5) is 0. The zero-order chi connectivity index (χ0) is 11.5. The minimum absolute atomic E-state index is 0.0256. The van der Waals surface area contributed by atoms with Crippen LogP contribution >= 0.6 is 0 Å². The molecule has 2 aliphatic rings. The molecule has 2 unspecified atom stereocenters. The van der Waals surface area contributed by atoms with E-state index in [1.165, 1.54) is 6.42 Å². The minimum atomic E-state index is -0.0256. The lowest BCUT2D eigenvalue weighted by Gasteiger charge is -2.28. The molecule has 1 aliphatic heterocycles. The van der Waals surface area contributed by atoms with Crippen molar-refractivity contribution in [3.63, 3.8) is 0 Å². The molecule has 0 spiro atoms. The second-order valence-corrected chi connectivity index (χ2v) is 7.13. The highest BCUT2D eigenvalue weighted by Gasteiger charge is 2.52. The van der Waals surface area contributed by atoms with Crippen LogP contribution in [0, 0.1) is 5.41 Å². The highest BCUT2D eigenvalue weighted by Crippen LogP contribution is 2.47. The highest BCUT2D eigenvalue weighted by molar-refractivity contribution is 5.07. The average molecular weight is 211 g/mol. The maximum atomic E-state index is 6.08. The van der Waals surface area contributed by atoms with E-state index in [9.17, 15) is 0 Å². The van der Waals surface area contributed by atoms with Gasteiger partial charge in [-0.05, 0) is 46.0 Å². The molecule has 1 saturated heterocycles. The predicted octanol–water partition coefficient (Wildman–Crippen LogP) is 2.72. The molecule has 1 N–H and O–H groups in total. The van der Waals surface area contributed by atoms with Gasteiger partial charge in [-0.25, -0.2) is 0 Å². The van der Waals surface area contributed by atoms with Crippen molar-refractivity contribution in [2.75, 3.05) is 0 Å². The summed E-state index contributed by atoms with van der Waals surface area (Å²) in [5.41, 5.74) is 0.505. The van der Waals surface area contributed by atoms with Gasteiger partial charge < -0.3 is 10.1 Å². The second-order valence-electron chi connectivity index (χ2n) is 7.13. The quantitative estimate of drug-likeness (QED) is 0.758. The van der Waals surface area contributed by atoms with Crippen LogP contribution in [-0.2, 0) is 4.74 Å². The summed E-state index contributed by atoms with van der Waals surface area (Å²) in [6.45, 7) is 13.4. The molecule has 1 saturated carbocycles. The Balaban J connectivity index is 1.98. The van der Waals surface area contributed by atoms with Crippen molar-refractivity contribution in [1.29, 1.82) is 0 Å². The topological polar surface area (TPSA) is 21.3 Å². The van der Waals surface area contributed by atoms with Crippen LogP contribution in [0.25, 0.3) is 0 Å². The molecule has 0 aromatic heterocycles. The van der Waals surface area contributed by atoms with Gasteiger partial charge in [0.1, 0.15) is 0 Å². The van der Waals surface area contributed by atoms with Gasteiger partial charge in [-0.15, -0.1) is 0 Å². The summed E-state index contributed by atoms with van der Waals surface area (Å²) in [5, 5.41) is 3.76. The third-order valence-corrected chi connectivity index (χ3v) is 3.99. The first-order valence-corrected chi connectivity index (χ1v) is 6.09. The lowest BCUT2D eigenvalue weighted by molar-refractivity contribution is -0.0700. The minimum Gasteiger partial charge on any atom is -0.368 e. The maximum Gasteiger partial charge on any atom is 0.0787 e. The third-order valence-electron chi connectivity index (χ3n) is 3.99. The van der Waals surface area contributed by atoms with Crippen molar-refractivity contribution in [2.45, 2.75) is 77.7 Å². The normalized spacial score (nSPS) is 40.4. The van der Waals surface area contributed by atoms with Crippen LogP contribution in [0.1, 0.15) is 54.4 Å². The molecule has 0 bridgehead atoms. The van der Waals surface area contributed by atoms with Gasteiger partial charge in [0.2, 0.25) is 0 Å². The van der Waals surface area contributed by atoms with Crippen molar-refractivity contribution in [2.24, 2.45) is 5.41 Å². The fourth-order valence-corrected chi connectivity index (χ4v) is 2.82. The maximum absolute atomic E-state index is 6.08. The number of hydrogen-bond donors (Lipinski definition) is 1. The molecular formula is C13H25NO. The molecule has 2 atom stereocenters. The van der Waals surface area contributed by atoms with E-state index in [1.54, 1.807) is 0 Å². The Hall–Kier alpha value is -0.0800. The van der Waals surface area contributed by atoms with Gasteiger partial charge >= 0.3 is 0 Å². The SMILES string of the molecule is CC1(C)CC(NC2CC2(C)C)C(C)(C)O1. The fourth-order valence-electron chi connectivity index (χ4n) is 2.82. The lowest BCUT2D eigenvalue weighted by Crippen LogP contribution is -2.45. The number of rotatable bonds is 2. The van der Waals surface area contributed by atoms with E-state index in [0.717, 1.165) is 6.42 Å². The van der Waals surface area contributed by atoms with E-state index in [4.69, 9.17) is 4.74 Å². The lowest BCUT2D eigenvalue weighted by atomic mass is 9.94. The first-order valence-electron chi connectivity index (χ1n) is 6.09. The molecule has 2 heteroatoms. The Labute approximate surface area is 93.8 Å². The van der Waals surface area contributed by atoms with Gasteiger partial charge in [-0.2, -0.15) is 0 Å². The van der Waals surface area contributed by atoms with E-state index < -0.39 is 0 Å². The molecule has 88 valence electrons. The molecular weight excluding hydrogens is 186 g/mol. The zero-order valence-corrected chi connectivity index (χ0v) is 11.0. The molecule has 0 aromatic carbocycles. The largest absolute Gasteiger partial charge is 0.368 e. The van der Waals surface area contributed by atoms with Crippen molar-refractivity contribution < 1.29 is 4.74 Å². The van der Waals surface area contributed by atoms with Gasteiger partial charge in [-0.3, -0.25) is 0 Å². The summed E-state index contributed by atoms with van der Waals surface area (Å²) in [6.07, 6.45) is 2.42. The Morgan fingerprint density at radius 3 is 1.80 bits per heavy atom. The fraction of sp³-hybridized carbons (Fsp3) is 1.00. The Kier molecular flexibility index (Phi) is 2.27. The summed E-state index contributed by atoms with van der Waals surface area (Å²) in [6, 6.07) is 1.19. The third kappa shape index (κ3) is 2.21. The molecule has 0 aromatic rings. The van der Waals surface area contributed by atoms with E-state index >= 15 is 0 Å².